The van der Waals surface area contributed by atoms with E-state index in [-0.39, 0.29) is 18.9 Å². The third kappa shape index (κ3) is 6.42. The van der Waals surface area contributed by atoms with Crippen molar-refractivity contribution < 1.29 is 24.4 Å². The highest BCUT2D eigenvalue weighted by molar-refractivity contribution is 6.02. The largest absolute Gasteiger partial charge is 0.343 e. The van der Waals surface area contributed by atoms with E-state index in [1.165, 1.54) is 0 Å². The minimum atomic E-state index is -0.858. The predicted molar refractivity (Wildman–Crippen MR) is 105 cm³/mol. The van der Waals surface area contributed by atoms with Crippen molar-refractivity contribution in [3.63, 3.8) is 0 Å². The first-order valence-corrected chi connectivity index (χ1v) is 9.39. The van der Waals surface area contributed by atoms with Crippen LogP contribution in [-0.4, -0.2) is 40.5 Å². The summed E-state index contributed by atoms with van der Waals surface area (Å²) in [5.74, 6) is -3.37. The number of amides is 5. The minimum absolute atomic E-state index is 0.0758. The first-order chi connectivity index (χ1) is 13.8. The molecular weight excluding hydrogens is 376 g/mol. The van der Waals surface area contributed by atoms with Gasteiger partial charge < -0.3 is 0 Å². The summed E-state index contributed by atoms with van der Waals surface area (Å²) in [6.45, 7) is 3.52. The normalized spacial score (nSPS) is 16.1. The molecule has 0 radical (unpaired) electrons. The van der Waals surface area contributed by atoms with Crippen LogP contribution in [0.2, 0.25) is 0 Å². The monoisotopic (exact) mass is 402 g/mol. The highest BCUT2D eigenvalue weighted by atomic mass is 16.5. The standard InChI is InChI=1S/C20H26N4O5/c1-13(2)11-16(18(26)22-24-12-17(25)21-20(24)28)15(19(27)23-29)10-6-9-14-7-4-3-5-8-14/h3-9,13,15-16,29H,10-12H2,1-2H3,(H,22,26)(H,23,27)(H,21,25,28)/b9-6-/t15-,16?/m1/s1. The number of carbonyl (C=O) groups excluding carboxylic acids is 4. The third-order valence-electron chi connectivity index (χ3n) is 4.53. The van der Waals surface area contributed by atoms with Crippen LogP contribution in [0.5, 0.6) is 0 Å². The van der Waals surface area contributed by atoms with Gasteiger partial charge in [-0.1, -0.05) is 56.3 Å². The van der Waals surface area contributed by atoms with Crippen LogP contribution in [0.15, 0.2) is 36.4 Å². The molecule has 1 aromatic rings. The molecule has 1 aromatic carbocycles. The summed E-state index contributed by atoms with van der Waals surface area (Å²) in [7, 11) is 0. The number of hydrazine groups is 1. The molecule has 0 aromatic heterocycles. The maximum Gasteiger partial charge on any atom is 0.343 e. The van der Waals surface area contributed by atoms with Gasteiger partial charge in [0.2, 0.25) is 17.7 Å². The summed E-state index contributed by atoms with van der Waals surface area (Å²) in [4.78, 5) is 48.2. The van der Waals surface area contributed by atoms with Crippen LogP contribution in [-0.2, 0) is 14.4 Å². The molecule has 0 saturated carbocycles. The second kappa shape index (κ2) is 10.4. The molecular formula is C20H26N4O5. The van der Waals surface area contributed by atoms with E-state index in [0.717, 1.165) is 10.6 Å². The second-order valence-electron chi connectivity index (χ2n) is 7.28. The lowest BCUT2D eigenvalue weighted by Gasteiger charge is -2.27. The van der Waals surface area contributed by atoms with Crippen LogP contribution in [0.1, 0.15) is 32.3 Å². The molecule has 1 heterocycles. The summed E-state index contributed by atoms with van der Waals surface area (Å²) < 4.78 is 0. The van der Waals surface area contributed by atoms with Crippen molar-refractivity contribution in [1.82, 2.24) is 21.2 Å². The number of nitrogens with one attached hydrogen (secondary N) is 3. The number of carbonyl (C=O) groups is 4. The number of benzene rings is 1. The lowest BCUT2D eigenvalue weighted by atomic mass is 9.82. The van der Waals surface area contributed by atoms with E-state index < -0.39 is 35.6 Å². The molecule has 9 heteroatoms. The Morgan fingerprint density at radius 3 is 2.41 bits per heavy atom. The van der Waals surface area contributed by atoms with Crippen molar-refractivity contribution in [2.75, 3.05) is 6.54 Å². The van der Waals surface area contributed by atoms with Crippen molar-refractivity contribution in [3.05, 3.63) is 42.0 Å². The first kappa shape index (κ1) is 22.1. The number of rotatable bonds is 9. The Hall–Kier alpha value is -3.20. The lowest BCUT2D eigenvalue weighted by Crippen LogP contribution is -2.49. The number of allylic oxidation sites excluding steroid dienone is 1. The Morgan fingerprint density at radius 2 is 1.86 bits per heavy atom. The fourth-order valence-corrected chi connectivity index (χ4v) is 3.16. The molecule has 1 fully saturated rings. The highest BCUT2D eigenvalue weighted by Crippen LogP contribution is 2.25. The van der Waals surface area contributed by atoms with Gasteiger partial charge in [0.05, 0.1) is 11.8 Å². The van der Waals surface area contributed by atoms with Crippen LogP contribution in [0, 0.1) is 17.8 Å². The maximum absolute atomic E-state index is 12.9. The summed E-state index contributed by atoms with van der Waals surface area (Å²) in [5.41, 5.74) is 4.98. The van der Waals surface area contributed by atoms with Gasteiger partial charge in [0.25, 0.3) is 0 Å². The van der Waals surface area contributed by atoms with Crippen molar-refractivity contribution in [3.8, 4) is 0 Å². The quantitative estimate of drug-likeness (QED) is 0.282. The topological polar surface area (TPSA) is 128 Å². The summed E-state index contributed by atoms with van der Waals surface area (Å²) in [6, 6.07) is 8.74. The van der Waals surface area contributed by atoms with Crippen LogP contribution in [0.25, 0.3) is 6.08 Å². The number of hydroxylamine groups is 1. The average Bonchev–Trinajstić information content (AvgIpc) is 3.00. The van der Waals surface area contributed by atoms with Gasteiger partial charge in [-0.15, -0.1) is 0 Å². The van der Waals surface area contributed by atoms with Gasteiger partial charge in [-0.3, -0.25) is 30.3 Å². The van der Waals surface area contributed by atoms with E-state index >= 15 is 0 Å². The average molecular weight is 402 g/mol. The number of imide groups is 1. The van der Waals surface area contributed by atoms with Gasteiger partial charge in [-0.2, -0.15) is 0 Å². The van der Waals surface area contributed by atoms with E-state index in [1.807, 2.05) is 50.3 Å². The molecule has 29 heavy (non-hydrogen) atoms. The SMILES string of the molecule is CC(C)CC(C(=O)NN1CC(=O)NC1=O)[C@@H](C/C=C\c1ccccc1)C(=O)NO. The highest BCUT2D eigenvalue weighted by Gasteiger charge is 2.36. The van der Waals surface area contributed by atoms with E-state index in [1.54, 1.807) is 11.6 Å². The second-order valence-corrected chi connectivity index (χ2v) is 7.28. The molecule has 2 atom stereocenters. The number of urea groups is 1. The van der Waals surface area contributed by atoms with Crippen molar-refractivity contribution in [2.24, 2.45) is 17.8 Å². The molecule has 0 aliphatic carbocycles. The Bertz CT molecular complexity index is 778. The molecule has 156 valence electrons. The fraction of sp³-hybridized carbons (Fsp3) is 0.400. The van der Waals surface area contributed by atoms with Crippen molar-refractivity contribution in [2.45, 2.75) is 26.7 Å². The molecule has 9 nitrogen and oxygen atoms in total. The van der Waals surface area contributed by atoms with Gasteiger partial charge in [0, 0.05) is 0 Å². The molecule has 1 aliphatic rings. The van der Waals surface area contributed by atoms with Gasteiger partial charge in [0.1, 0.15) is 6.54 Å². The maximum atomic E-state index is 12.9. The number of hydrogen-bond acceptors (Lipinski definition) is 5. The smallest absolute Gasteiger partial charge is 0.289 e. The minimum Gasteiger partial charge on any atom is -0.289 e. The zero-order valence-electron chi connectivity index (χ0n) is 16.4. The third-order valence-corrected chi connectivity index (χ3v) is 4.53. The van der Waals surface area contributed by atoms with Crippen LogP contribution in [0.3, 0.4) is 0 Å². The Labute approximate surface area is 169 Å². The van der Waals surface area contributed by atoms with E-state index in [9.17, 15) is 24.4 Å². The van der Waals surface area contributed by atoms with E-state index in [2.05, 4.69) is 10.7 Å². The fourth-order valence-electron chi connectivity index (χ4n) is 3.16. The van der Waals surface area contributed by atoms with Gasteiger partial charge >= 0.3 is 6.03 Å². The zero-order chi connectivity index (χ0) is 21.4. The summed E-state index contributed by atoms with van der Waals surface area (Å²) in [5, 5.41) is 12.1. The molecule has 2 rings (SSSR count). The number of nitrogens with zero attached hydrogens (tertiary/aromatic N) is 1. The van der Waals surface area contributed by atoms with Crippen LogP contribution < -0.4 is 16.2 Å². The van der Waals surface area contributed by atoms with Crippen LogP contribution >= 0.6 is 0 Å². The van der Waals surface area contributed by atoms with Gasteiger partial charge in [-0.05, 0) is 24.3 Å². The molecule has 1 aliphatic heterocycles. The number of hydrogen-bond donors (Lipinski definition) is 4. The van der Waals surface area contributed by atoms with E-state index in [4.69, 9.17) is 0 Å². The first-order valence-electron chi connectivity index (χ1n) is 9.39. The Morgan fingerprint density at radius 1 is 1.17 bits per heavy atom. The predicted octanol–water partition coefficient (Wildman–Crippen LogP) is 1.46. The summed E-state index contributed by atoms with van der Waals surface area (Å²) >= 11 is 0. The van der Waals surface area contributed by atoms with E-state index in [0.29, 0.717) is 6.42 Å². The van der Waals surface area contributed by atoms with Crippen molar-refractivity contribution in [1.29, 1.82) is 0 Å². The molecule has 4 N–H and O–H groups in total. The molecule has 0 bridgehead atoms. The molecule has 0 spiro atoms. The molecule has 5 amide bonds. The molecule has 1 saturated heterocycles. The zero-order valence-corrected chi connectivity index (χ0v) is 16.4. The Balaban J connectivity index is 2.17. The van der Waals surface area contributed by atoms with Gasteiger partial charge in [-0.25, -0.2) is 15.3 Å². The Kier molecular flexibility index (Phi) is 7.90. The lowest BCUT2D eigenvalue weighted by molar-refractivity contribution is -0.142. The molecule has 1 unspecified atom stereocenters. The van der Waals surface area contributed by atoms with Gasteiger partial charge in [0.15, 0.2) is 0 Å². The van der Waals surface area contributed by atoms with Crippen molar-refractivity contribution >= 4 is 29.8 Å². The summed E-state index contributed by atoms with van der Waals surface area (Å²) in [6.07, 6.45) is 4.15. The van der Waals surface area contributed by atoms with Crippen LogP contribution in [0.4, 0.5) is 4.79 Å².